The second-order valence-electron chi connectivity index (χ2n) is 4.85. The topological polar surface area (TPSA) is 86.7 Å². The smallest absolute Gasteiger partial charge is 0.264 e. The monoisotopic (exact) mass is 320 g/mol. The predicted octanol–water partition coefficient (Wildman–Crippen LogP) is 0.475. The third kappa shape index (κ3) is 4.27. The zero-order valence-corrected chi connectivity index (χ0v) is 12.8. The molecule has 0 radical (unpaired) electrons. The summed E-state index contributed by atoms with van der Waals surface area (Å²) in [6, 6.07) is 7.41. The van der Waals surface area contributed by atoms with E-state index in [2.05, 4.69) is 0 Å². The summed E-state index contributed by atoms with van der Waals surface area (Å²) < 4.78 is 55.1. The Balaban J connectivity index is 2.31. The molecular weight excluding hydrogens is 304 g/mol. The highest BCUT2D eigenvalue weighted by atomic mass is 32.2. The Bertz CT molecular complexity index is 631. The summed E-state index contributed by atoms with van der Waals surface area (Å²) in [5.41, 5.74) is 1.88. The minimum absolute atomic E-state index is 0.295. The van der Waals surface area contributed by atoms with Crippen molar-refractivity contribution in [2.45, 2.75) is 25.0 Å². The summed E-state index contributed by atoms with van der Waals surface area (Å²) in [6.45, 7) is 0. The average molecular weight is 320 g/mol. The summed E-state index contributed by atoms with van der Waals surface area (Å²) in [5, 5.41) is 0. The molecule has 0 spiro atoms. The Morgan fingerprint density at radius 3 is 1.50 bits per heavy atom. The lowest BCUT2D eigenvalue weighted by Gasteiger charge is -2.31. The molecule has 0 bridgehead atoms. The first-order valence-corrected chi connectivity index (χ1v) is 9.61. The second-order valence-corrected chi connectivity index (χ2v) is 8.06. The maximum atomic E-state index is 11.3. The molecule has 0 aromatic heterocycles. The van der Waals surface area contributed by atoms with Crippen LogP contribution in [0.2, 0.25) is 0 Å². The summed E-state index contributed by atoms with van der Waals surface area (Å²) in [6.07, 6.45) is 0.785. The van der Waals surface area contributed by atoms with Crippen LogP contribution >= 0.6 is 0 Å². The van der Waals surface area contributed by atoms with Gasteiger partial charge in [-0.05, 0) is 11.1 Å². The first-order valence-electron chi connectivity index (χ1n) is 5.97. The van der Waals surface area contributed by atoms with Crippen LogP contribution in [0.1, 0.15) is 11.1 Å². The number of benzene rings is 1. The minimum Gasteiger partial charge on any atom is -0.264 e. The Labute approximate surface area is 119 Å². The molecule has 0 aliphatic heterocycles. The second kappa shape index (κ2) is 5.44. The van der Waals surface area contributed by atoms with Crippen molar-refractivity contribution in [1.82, 2.24) is 0 Å². The molecule has 0 unspecified atom stereocenters. The van der Waals surface area contributed by atoms with Crippen LogP contribution in [0.15, 0.2) is 24.3 Å². The molecule has 1 aromatic rings. The Morgan fingerprint density at radius 1 is 0.850 bits per heavy atom. The molecule has 2 atom stereocenters. The normalized spacial score (nSPS) is 23.3. The molecule has 2 rings (SSSR count). The van der Waals surface area contributed by atoms with Gasteiger partial charge in [0, 0.05) is 12.8 Å². The van der Waals surface area contributed by atoms with Gasteiger partial charge < -0.3 is 0 Å². The van der Waals surface area contributed by atoms with Gasteiger partial charge in [-0.25, -0.2) is 0 Å². The third-order valence-corrected chi connectivity index (χ3v) is 4.17. The summed E-state index contributed by atoms with van der Waals surface area (Å²) in [4.78, 5) is 0. The van der Waals surface area contributed by atoms with Crippen LogP contribution < -0.4 is 0 Å². The van der Waals surface area contributed by atoms with Crippen LogP contribution in [0, 0.1) is 0 Å². The van der Waals surface area contributed by atoms with E-state index in [1.165, 1.54) is 0 Å². The lowest BCUT2D eigenvalue weighted by Crippen LogP contribution is -2.41. The van der Waals surface area contributed by atoms with E-state index >= 15 is 0 Å². The van der Waals surface area contributed by atoms with Gasteiger partial charge >= 0.3 is 0 Å². The average Bonchev–Trinajstić information content (AvgIpc) is 2.26. The molecule has 8 heteroatoms. The van der Waals surface area contributed by atoms with Gasteiger partial charge in [0.1, 0.15) is 12.2 Å². The van der Waals surface area contributed by atoms with Crippen LogP contribution in [0.4, 0.5) is 0 Å². The van der Waals surface area contributed by atoms with Crippen molar-refractivity contribution in [3.8, 4) is 0 Å². The van der Waals surface area contributed by atoms with Gasteiger partial charge in [0.2, 0.25) is 0 Å². The van der Waals surface area contributed by atoms with Crippen molar-refractivity contribution in [2.75, 3.05) is 12.5 Å². The predicted molar refractivity (Wildman–Crippen MR) is 73.3 cm³/mol. The molecule has 0 fully saturated rings. The molecule has 0 saturated heterocycles. The quantitative estimate of drug-likeness (QED) is 0.750. The Kier molecular flexibility index (Phi) is 4.19. The fourth-order valence-electron chi connectivity index (χ4n) is 2.29. The van der Waals surface area contributed by atoms with Gasteiger partial charge in [-0.15, -0.1) is 0 Å². The molecule has 0 N–H and O–H groups in total. The van der Waals surface area contributed by atoms with E-state index in [4.69, 9.17) is 8.37 Å². The SMILES string of the molecule is CS(=O)(=O)O[C@H]1Cc2ccccc2C[C@@H]1OS(C)(=O)=O. The van der Waals surface area contributed by atoms with E-state index in [0.29, 0.717) is 12.8 Å². The number of hydrogen-bond donors (Lipinski definition) is 0. The highest BCUT2D eigenvalue weighted by molar-refractivity contribution is 7.86. The Morgan fingerprint density at radius 2 is 1.20 bits per heavy atom. The molecule has 1 aromatic carbocycles. The minimum atomic E-state index is -3.69. The molecule has 0 saturated carbocycles. The fraction of sp³-hybridized carbons (Fsp3) is 0.500. The standard InChI is InChI=1S/C12H16O6S2/c1-19(13,14)17-11-7-9-5-3-4-6-10(9)8-12(11)18-20(2,15)16/h3-6,11-12H,7-8H2,1-2H3/t11-,12-/m0/s1. The number of rotatable bonds is 4. The van der Waals surface area contributed by atoms with Crippen molar-refractivity contribution < 1.29 is 25.2 Å². The lowest BCUT2D eigenvalue weighted by atomic mass is 9.88. The third-order valence-electron chi connectivity index (χ3n) is 2.97. The van der Waals surface area contributed by atoms with Crippen molar-refractivity contribution >= 4 is 20.2 Å². The molecule has 20 heavy (non-hydrogen) atoms. The largest absolute Gasteiger partial charge is 0.264 e. The van der Waals surface area contributed by atoms with Gasteiger partial charge in [0.05, 0.1) is 12.5 Å². The zero-order chi connectivity index (χ0) is 15.0. The zero-order valence-electron chi connectivity index (χ0n) is 11.1. The molecular formula is C12H16O6S2. The number of hydrogen-bond acceptors (Lipinski definition) is 6. The first-order chi connectivity index (χ1) is 9.14. The van der Waals surface area contributed by atoms with Gasteiger partial charge in [0.15, 0.2) is 0 Å². The Hall–Kier alpha value is -0.960. The molecule has 1 aliphatic rings. The van der Waals surface area contributed by atoms with Crippen molar-refractivity contribution in [2.24, 2.45) is 0 Å². The fourth-order valence-corrected chi connectivity index (χ4v) is 3.58. The summed E-state index contributed by atoms with van der Waals surface area (Å²) >= 11 is 0. The van der Waals surface area contributed by atoms with Crippen LogP contribution in [-0.2, 0) is 41.4 Å². The van der Waals surface area contributed by atoms with Gasteiger partial charge in [-0.3, -0.25) is 8.37 Å². The molecule has 0 heterocycles. The van der Waals surface area contributed by atoms with E-state index in [-0.39, 0.29) is 0 Å². The highest BCUT2D eigenvalue weighted by Crippen LogP contribution is 2.27. The van der Waals surface area contributed by atoms with E-state index in [1.54, 1.807) is 0 Å². The summed E-state index contributed by atoms with van der Waals surface area (Å²) in [5.74, 6) is 0. The van der Waals surface area contributed by atoms with E-state index in [9.17, 15) is 16.8 Å². The van der Waals surface area contributed by atoms with Crippen LogP contribution in [-0.4, -0.2) is 41.6 Å². The van der Waals surface area contributed by atoms with E-state index in [1.807, 2.05) is 24.3 Å². The van der Waals surface area contributed by atoms with Gasteiger partial charge in [-0.1, -0.05) is 24.3 Å². The van der Waals surface area contributed by atoms with Crippen LogP contribution in [0.5, 0.6) is 0 Å². The van der Waals surface area contributed by atoms with Crippen molar-refractivity contribution in [3.05, 3.63) is 35.4 Å². The lowest BCUT2D eigenvalue weighted by molar-refractivity contribution is 0.0574. The van der Waals surface area contributed by atoms with Gasteiger partial charge in [0.25, 0.3) is 20.2 Å². The first kappa shape index (κ1) is 15.4. The van der Waals surface area contributed by atoms with Crippen LogP contribution in [0.25, 0.3) is 0 Å². The maximum Gasteiger partial charge on any atom is 0.264 e. The summed E-state index contributed by atoms with van der Waals surface area (Å²) in [7, 11) is -7.38. The van der Waals surface area contributed by atoms with Crippen molar-refractivity contribution in [1.29, 1.82) is 0 Å². The molecule has 112 valence electrons. The van der Waals surface area contributed by atoms with Crippen LogP contribution in [0.3, 0.4) is 0 Å². The highest BCUT2D eigenvalue weighted by Gasteiger charge is 2.34. The van der Waals surface area contributed by atoms with E-state index in [0.717, 1.165) is 23.6 Å². The van der Waals surface area contributed by atoms with Crippen molar-refractivity contribution in [3.63, 3.8) is 0 Å². The number of fused-ring (bicyclic) bond motifs is 1. The molecule has 1 aliphatic carbocycles. The van der Waals surface area contributed by atoms with Gasteiger partial charge in [-0.2, -0.15) is 16.8 Å². The maximum absolute atomic E-state index is 11.3. The molecule has 0 amide bonds. The molecule has 6 nitrogen and oxygen atoms in total. The van der Waals surface area contributed by atoms with E-state index < -0.39 is 32.4 Å².